The van der Waals surface area contributed by atoms with E-state index in [-0.39, 0.29) is 6.10 Å². The molecule has 0 heterocycles. The SMILES string of the molecule is CCO[Si](Cl)(OCC)OC(C)C(C)C. The summed E-state index contributed by atoms with van der Waals surface area (Å²) in [5.41, 5.74) is 0. The zero-order chi connectivity index (χ0) is 11.2. The minimum Gasteiger partial charge on any atom is -0.362 e. The maximum atomic E-state index is 6.15. The predicted molar refractivity (Wildman–Crippen MR) is 60.2 cm³/mol. The highest BCUT2D eigenvalue weighted by molar-refractivity contribution is 7.09. The second kappa shape index (κ2) is 6.79. The molecule has 5 heteroatoms. The van der Waals surface area contributed by atoms with Gasteiger partial charge in [-0.1, -0.05) is 24.9 Å². The first kappa shape index (κ1) is 14.4. The van der Waals surface area contributed by atoms with Crippen LogP contribution in [0.5, 0.6) is 0 Å². The summed E-state index contributed by atoms with van der Waals surface area (Å²) in [5.74, 6) is 0.404. The van der Waals surface area contributed by atoms with E-state index in [1.165, 1.54) is 0 Å². The van der Waals surface area contributed by atoms with E-state index in [1.54, 1.807) is 0 Å². The van der Waals surface area contributed by atoms with Gasteiger partial charge < -0.3 is 13.3 Å². The van der Waals surface area contributed by atoms with Crippen molar-refractivity contribution in [1.29, 1.82) is 0 Å². The predicted octanol–water partition coefficient (Wildman–Crippen LogP) is 2.79. The molecular weight excluding hydrogens is 220 g/mol. The number of hydrogen-bond donors (Lipinski definition) is 0. The molecule has 86 valence electrons. The molecule has 0 aromatic heterocycles. The molecule has 0 saturated carbocycles. The third kappa shape index (κ3) is 5.31. The van der Waals surface area contributed by atoms with Crippen LogP contribution in [-0.4, -0.2) is 27.4 Å². The fourth-order valence-corrected chi connectivity index (χ4v) is 3.51. The quantitative estimate of drug-likeness (QED) is 0.506. The average molecular weight is 241 g/mol. The lowest BCUT2D eigenvalue weighted by molar-refractivity contribution is 0.0413. The van der Waals surface area contributed by atoms with Crippen molar-refractivity contribution in [2.24, 2.45) is 5.92 Å². The topological polar surface area (TPSA) is 27.7 Å². The van der Waals surface area contributed by atoms with Crippen molar-refractivity contribution in [2.45, 2.75) is 40.7 Å². The number of rotatable bonds is 7. The summed E-state index contributed by atoms with van der Waals surface area (Å²) in [5, 5.41) is 0. The number of hydrogen-bond acceptors (Lipinski definition) is 3. The van der Waals surface area contributed by atoms with Crippen LogP contribution in [0.2, 0.25) is 0 Å². The van der Waals surface area contributed by atoms with Gasteiger partial charge in [0.15, 0.2) is 0 Å². The summed E-state index contributed by atoms with van der Waals surface area (Å²) >= 11 is 6.15. The van der Waals surface area contributed by atoms with Gasteiger partial charge in [-0.15, -0.1) is 0 Å². The molecule has 1 unspecified atom stereocenters. The Morgan fingerprint density at radius 3 is 1.79 bits per heavy atom. The molecule has 0 aliphatic heterocycles. The van der Waals surface area contributed by atoms with Crippen molar-refractivity contribution >= 4 is 19.2 Å². The molecule has 0 rings (SSSR count). The highest BCUT2D eigenvalue weighted by Gasteiger charge is 2.41. The lowest BCUT2D eigenvalue weighted by Gasteiger charge is -2.27. The van der Waals surface area contributed by atoms with Gasteiger partial charge in [0.1, 0.15) is 0 Å². The third-order valence-corrected chi connectivity index (χ3v) is 4.74. The van der Waals surface area contributed by atoms with Gasteiger partial charge in [-0.25, -0.2) is 0 Å². The zero-order valence-electron chi connectivity index (χ0n) is 9.67. The summed E-state index contributed by atoms with van der Waals surface area (Å²) in [7, 11) is -2.90. The second-order valence-electron chi connectivity index (χ2n) is 3.41. The van der Waals surface area contributed by atoms with E-state index >= 15 is 0 Å². The van der Waals surface area contributed by atoms with E-state index < -0.39 is 8.11 Å². The van der Waals surface area contributed by atoms with Gasteiger partial charge in [0.25, 0.3) is 0 Å². The first-order chi connectivity index (χ1) is 6.45. The van der Waals surface area contributed by atoms with Gasteiger partial charge in [0.2, 0.25) is 0 Å². The molecule has 0 aromatic rings. The standard InChI is InChI=1S/C9H21ClO3Si/c1-6-11-14(10,12-7-2)13-9(5)8(3)4/h8-9H,6-7H2,1-5H3. The van der Waals surface area contributed by atoms with E-state index in [0.717, 1.165) is 0 Å². The Balaban J connectivity index is 4.20. The lowest BCUT2D eigenvalue weighted by Crippen LogP contribution is -2.43. The minimum absolute atomic E-state index is 0.0530. The molecule has 14 heavy (non-hydrogen) atoms. The maximum absolute atomic E-state index is 6.15. The van der Waals surface area contributed by atoms with Gasteiger partial charge in [0, 0.05) is 13.2 Å². The first-order valence-corrected chi connectivity index (χ1v) is 7.83. The van der Waals surface area contributed by atoms with E-state index in [1.807, 2.05) is 20.8 Å². The van der Waals surface area contributed by atoms with Crippen LogP contribution in [0.3, 0.4) is 0 Å². The van der Waals surface area contributed by atoms with E-state index in [9.17, 15) is 0 Å². The molecule has 0 saturated heterocycles. The van der Waals surface area contributed by atoms with E-state index in [4.69, 9.17) is 24.4 Å². The molecule has 0 aliphatic carbocycles. The van der Waals surface area contributed by atoms with Crippen LogP contribution in [0.25, 0.3) is 0 Å². The Bertz CT molecular complexity index is 149. The van der Waals surface area contributed by atoms with Gasteiger partial charge >= 0.3 is 8.11 Å². The molecule has 0 amide bonds. The fourth-order valence-electron chi connectivity index (χ4n) is 0.813. The summed E-state index contributed by atoms with van der Waals surface area (Å²) in [4.78, 5) is 0. The van der Waals surface area contributed by atoms with Crippen molar-refractivity contribution in [3.05, 3.63) is 0 Å². The van der Waals surface area contributed by atoms with Gasteiger partial charge in [0.05, 0.1) is 6.10 Å². The van der Waals surface area contributed by atoms with Crippen LogP contribution >= 0.6 is 11.1 Å². The Labute approximate surface area is 92.8 Å². The summed E-state index contributed by atoms with van der Waals surface area (Å²) in [6.07, 6.45) is 0.0530. The number of halogens is 1. The van der Waals surface area contributed by atoms with Crippen LogP contribution in [0, 0.1) is 5.92 Å². The van der Waals surface area contributed by atoms with Crippen LogP contribution in [-0.2, 0) is 13.3 Å². The zero-order valence-corrected chi connectivity index (χ0v) is 11.4. The Morgan fingerprint density at radius 2 is 1.50 bits per heavy atom. The highest BCUT2D eigenvalue weighted by atomic mass is 35.6. The molecule has 0 fully saturated rings. The molecule has 1 atom stereocenters. The minimum atomic E-state index is -2.90. The molecule has 0 spiro atoms. The summed E-state index contributed by atoms with van der Waals surface area (Å²) in [6.45, 7) is 10.9. The summed E-state index contributed by atoms with van der Waals surface area (Å²) in [6, 6.07) is 0. The lowest BCUT2D eigenvalue weighted by atomic mass is 10.1. The third-order valence-electron chi connectivity index (χ3n) is 1.90. The van der Waals surface area contributed by atoms with Crippen LogP contribution < -0.4 is 0 Å². The van der Waals surface area contributed by atoms with Crippen LogP contribution in [0.15, 0.2) is 0 Å². The molecular formula is C9H21ClO3Si. The van der Waals surface area contributed by atoms with E-state index in [2.05, 4.69) is 13.8 Å². The molecule has 0 bridgehead atoms. The fraction of sp³-hybridized carbons (Fsp3) is 1.00. The Morgan fingerprint density at radius 1 is 1.07 bits per heavy atom. The van der Waals surface area contributed by atoms with Gasteiger partial charge in [-0.05, 0) is 26.7 Å². The van der Waals surface area contributed by atoms with Crippen molar-refractivity contribution < 1.29 is 13.3 Å². The van der Waals surface area contributed by atoms with Gasteiger partial charge in [-0.3, -0.25) is 0 Å². The van der Waals surface area contributed by atoms with Crippen LogP contribution in [0.4, 0.5) is 0 Å². The smallest absolute Gasteiger partial charge is 0.362 e. The second-order valence-corrected chi connectivity index (χ2v) is 6.58. The normalized spacial score (nSPS) is 14.8. The molecule has 3 nitrogen and oxygen atoms in total. The molecule has 0 N–H and O–H groups in total. The Hall–Kier alpha value is 0.387. The van der Waals surface area contributed by atoms with Crippen LogP contribution in [0.1, 0.15) is 34.6 Å². The van der Waals surface area contributed by atoms with Gasteiger partial charge in [-0.2, -0.15) is 0 Å². The first-order valence-electron chi connectivity index (χ1n) is 5.09. The van der Waals surface area contributed by atoms with Crippen molar-refractivity contribution in [3.8, 4) is 0 Å². The van der Waals surface area contributed by atoms with Crippen molar-refractivity contribution in [1.82, 2.24) is 0 Å². The van der Waals surface area contributed by atoms with E-state index in [0.29, 0.717) is 19.1 Å². The van der Waals surface area contributed by atoms with Crippen molar-refractivity contribution in [2.75, 3.05) is 13.2 Å². The maximum Gasteiger partial charge on any atom is 0.613 e. The highest BCUT2D eigenvalue weighted by Crippen LogP contribution is 2.20. The largest absolute Gasteiger partial charge is 0.613 e. The molecule has 0 radical (unpaired) electrons. The molecule has 0 aliphatic rings. The summed E-state index contributed by atoms with van der Waals surface area (Å²) < 4.78 is 16.3. The van der Waals surface area contributed by atoms with Crippen molar-refractivity contribution in [3.63, 3.8) is 0 Å². The monoisotopic (exact) mass is 240 g/mol. The Kier molecular flexibility index (Phi) is 6.98. The molecule has 0 aromatic carbocycles. The average Bonchev–Trinajstić information content (AvgIpc) is 2.04.